The third kappa shape index (κ3) is 5.54. The maximum absolute atomic E-state index is 14.2. The van der Waals surface area contributed by atoms with Crippen molar-refractivity contribution in [3.63, 3.8) is 0 Å². The van der Waals surface area contributed by atoms with E-state index in [1.54, 1.807) is 28.4 Å². The zero-order chi connectivity index (χ0) is 27.6. The lowest BCUT2D eigenvalue weighted by Gasteiger charge is -2.42. The number of benzene rings is 2. The molecule has 1 unspecified atom stereocenters. The summed E-state index contributed by atoms with van der Waals surface area (Å²) in [7, 11) is 1.40. The van der Waals surface area contributed by atoms with Gasteiger partial charge in [0.2, 0.25) is 5.91 Å². The zero-order valence-corrected chi connectivity index (χ0v) is 24.0. The molecule has 2 aliphatic rings. The molecule has 208 valence electrons. The largest absolute Gasteiger partial charge is 0.467 e. The molecule has 0 saturated carbocycles. The number of halogens is 1. The van der Waals surface area contributed by atoms with Crippen LogP contribution in [0.1, 0.15) is 50.7 Å². The number of amides is 1. The Bertz CT molecular complexity index is 1350. The molecule has 3 aromatic rings. The molecule has 0 aliphatic carbocycles. The molecule has 0 spiro atoms. The Morgan fingerprint density at radius 2 is 1.87 bits per heavy atom. The molecule has 5 rings (SSSR count). The van der Waals surface area contributed by atoms with Crippen LogP contribution < -0.4 is 9.80 Å². The number of unbranched alkanes of at least 4 members (excludes halogenated alkanes) is 1. The second-order valence-electron chi connectivity index (χ2n) is 10.9. The minimum absolute atomic E-state index is 0.0168. The van der Waals surface area contributed by atoms with E-state index in [1.807, 2.05) is 12.3 Å². The number of carbonyl (C=O) groups excluding carboxylic acids is 2. The molecule has 1 fully saturated rings. The normalized spacial score (nSPS) is 17.8. The van der Waals surface area contributed by atoms with Gasteiger partial charge < -0.3 is 9.64 Å². The van der Waals surface area contributed by atoms with Gasteiger partial charge >= 0.3 is 5.97 Å². The van der Waals surface area contributed by atoms with Crippen LogP contribution in [0.3, 0.4) is 0 Å². The van der Waals surface area contributed by atoms with E-state index in [2.05, 4.69) is 41.0 Å². The van der Waals surface area contributed by atoms with E-state index >= 15 is 0 Å². The van der Waals surface area contributed by atoms with E-state index in [0.717, 1.165) is 84.6 Å². The van der Waals surface area contributed by atoms with Gasteiger partial charge in [-0.15, -0.1) is 11.3 Å². The average Bonchev–Trinajstić information content (AvgIpc) is 3.42. The first kappa shape index (κ1) is 27.6. The van der Waals surface area contributed by atoms with E-state index in [0.29, 0.717) is 19.3 Å². The Labute approximate surface area is 234 Å². The first-order valence-corrected chi connectivity index (χ1v) is 14.9. The number of methoxy groups -OCH3 is 1. The number of fused-ring (bicyclic) bond motifs is 2. The molecule has 39 heavy (non-hydrogen) atoms. The predicted octanol–water partition coefficient (Wildman–Crippen LogP) is 5.81. The number of piperazine rings is 1. The second kappa shape index (κ2) is 11.6. The minimum atomic E-state index is -1.02. The van der Waals surface area contributed by atoms with Crippen molar-refractivity contribution in [2.45, 2.75) is 57.9 Å². The topological polar surface area (TPSA) is 53.1 Å². The summed E-state index contributed by atoms with van der Waals surface area (Å²) in [4.78, 5) is 32.7. The summed E-state index contributed by atoms with van der Waals surface area (Å²) in [5.41, 5.74) is 3.08. The third-order valence-electron chi connectivity index (χ3n) is 8.33. The first-order valence-electron chi connectivity index (χ1n) is 14.0. The van der Waals surface area contributed by atoms with Crippen molar-refractivity contribution in [3.8, 4) is 0 Å². The van der Waals surface area contributed by atoms with Gasteiger partial charge in [-0.25, -0.2) is 9.18 Å². The minimum Gasteiger partial charge on any atom is -0.467 e. The van der Waals surface area contributed by atoms with Gasteiger partial charge in [-0.05, 0) is 67.0 Å². The molecule has 8 heteroatoms. The molecule has 0 radical (unpaired) electrons. The van der Waals surface area contributed by atoms with Gasteiger partial charge in [0.25, 0.3) is 0 Å². The van der Waals surface area contributed by atoms with Crippen molar-refractivity contribution >= 4 is 44.7 Å². The summed E-state index contributed by atoms with van der Waals surface area (Å²) >= 11 is 1.58. The highest BCUT2D eigenvalue weighted by molar-refractivity contribution is 7.17. The van der Waals surface area contributed by atoms with Crippen LogP contribution in [0.5, 0.6) is 0 Å². The van der Waals surface area contributed by atoms with Gasteiger partial charge in [-0.1, -0.05) is 31.9 Å². The van der Waals surface area contributed by atoms with E-state index in [-0.39, 0.29) is 17.7 Å². The molecular formula is C31H38FN3O3S. The molecule has 1 saturated heterocycles. The number of esters is 1. The molecule has 1 atom stereocenters. The Morgan fingerprint density at radius 3 is 2.62 bits per heavy atom. The number of ether oxygens (including phenoxy) is 1. The first-order chi connectivity index (χ1) is 18.8. The van der Waals surface area contributed by atoms with Crippen molar-refractivity contribution in [1.82, 2.24) is 4.90 Å². The van der Waals surface area contributed by atoms with Gasteiger partial charge in [0.1, 0.15) is 11.4 Å². The summed E-state index contributed by atoms with van der Waals surface area (Å²) in [6.07, 6.45) is 4.29. The molecule has 0 N–H and O–H groups in total. The van der Waals surface area contributed by atoms with Gasteiger partial charge in [0, 0.05) is 60.6 Å². The highest BCUT2D eigenvalue weighted by Gasteiger charge is 2.45. The molecule has 1 amide bonds. The molecule has 2 aromatic carbocycles. The summed E-state index contributed by atoms with van der Waals surface area (Å²) in [5, 5.41) is 3.15. The second-order valence-corrected chi connectivity index (χ2v) is 11.8. The van der Waals surface area contributed by atoms with E-state index in [1.165, 1.54) is 7.11 Å². The van der Waals surface area contributed by atoms with Crippen molar-refractivity contribution in [2.75, 3.05) is 49.6 Å². The van der Waals surface area contributed by atoms with Gasteiger partial charge in [0.05, 0.1) is 7.11 Å². The summed E-state index contributed by atoms with van der Waals surface area (Å²) < 4.78 is 20.4. The molecule has 3 heterocycles. The van der Waals surface area contributed by atoms with Crippen LogP contribution in [0.2, 0.25) is 0 Å². The lowest BCUT2D eigenvalue weighted by atomic mass is 9.87. The number of thiophene rings is 1. The summed E-state index contributed by atoms with van der Waals surface area (Å²) in [5.74, 6) is -0.560. The van der Waals surface area contributed by atoms with Gasteiger partial charge in [-0.3, -0.25) is 14.6 Å². The summed E-state index contributed by atoms with van der Waals surface area (Å²) in [6, 6.07) is 11.7. The lowest BCUT2D eigenvalue weighted by molar-refractivity contribution is -0.148. The standard InChI is InChI=1S/C31H38FN3O3S/c1-4-5-12-31(2,30(37)38-3)35-26-19-22(6-7-23(26)8-9-29(35)36)10-13-33-14-16-34(17-15-33)27-20-24(32)21-28-25(27)11-18-39-28/h6-7,11,18-21H,4-5,8-10,12-17H2,1-3H3. The smallest absolute Gasteiger partial charge is 0.331 e. The van der Waals surface area contributed by atoms with E-state index < -0.39 is 5.54 Å². The van der Waals surface area contributed by atoms with Crippen LogP contribution in [0.4, 0.5) is 15.8 Å². The SMILES string of the molecule is CCCCC(C)(C(=O)OC)N1C(=O)CCc2ccc(CCN3CCN(c4cc(F)cc5sccc45)CC3)cc21. The fraction of sp³-hybridized carbons (Fsp3) is 0.484. The Balaban J connectivity index is 1.27. The van der Waals surface area contributed by atoms with Crippen LogP contribution in [0.25, 0.3) is 10.1 Å². The van der Waals surface area contributed by atoms with E-state index in [9.17, 15) is 14.0 Å². The van der Waals surface area contributed by atoms with Crippen molar-refractivity contribution in [1.29, 1.82) is 0 Å². The van der Waals surface area contributed by atoms with Crippen LogP contribution in [-0.2, 0) is 27.2 Å². The van der Waals surface area contributed by atoms with Crippen molar-refractivity contribution in [2.24, 2.45) is 0 Å². The van der Waals surface area contributed by atoms with E-state index in [4.69, 9.17) is 4.74 Å². The highest BCUT2D eigenvalue weighted by Crippen LogP contribution is 2.38. The average molecular weight is 552 g/mol. The maximum Gasteiger partial charge on any atom is 0.331 e. The summed E-state index contributed by atoms with van der Waals surface area (Å²) in [6.45, 7) is 8.37. The fourth-order valence-corrected chi connectivity index (χ4v) is 6.87. The monoisotopic (exact) mass is 551 g/mol. The van der Waals surface area contributed by atoms with Gasteiger partial charge in [-0.2, -0.15) is 0 Å². The Morgan fingerprint density at radius 1 is 1.08 bits per heavy atom. The number of hydrogen-bond acceptors (Lipinski definition) is 6. The number of carbonyl (C=O) groups is 2. The number of rotatable bonds is 9. The van der Waals surface area contributed by atoms with Crippen LogP contribution in [-0.4, -0.2) is 62.1 Å². The third-order valence-corrected chi connectivity index (χ3v) is 9.19. The van der Waals surface area contributed by atoms with Crippen LogP contribution in [0.15, 0.2) is 41.8 Å². The van der Waals surface area contributed by atoms with Crippen LogP contribution >= 0.6 is 11.3 Å². The molecule has 1 aromatic heterocycles. The van der Waals surface area contributed by atoms with Crippen molar-refractivity contribution < 1.29 is 18.7 Å². The quantitative estimate of drug-likeness (QED) is 0.315. The molecular weight excluding hydrogens is 513 g/mol. The van der Waals surface area contributed by atoms with Crippen molar-refractivity contribution in [3.05, 3.63) is 58.7 Å². The Kier molecular flexibility index (Phi) is 8.24. The van der Waals surface area contributed by atoms with Gasteiger partial charge in [0.15, 0.2) is 0 Å². The van der Waals surface area contributed by atoms with Crippen LogP contribution in [0, 0.1) is 5.82 Å². The number of nitrogens with zero attached hydrogens (tertiary/aromatic N) is 3. The number of aryl methyl sites for hydroxylation is 1. The molecule has 0 bridgehead atoms. The fourth-order valence-electron chi connectivity index (χ4n) is 6.04. The predicted molar refractivity (Wildman–Crippen MR) is 156 cm³/mol. The molecule has 2 aliphatic heterocycles. The zero-order valence-electron chi connectivity index (χ0n) is 23.2. The molecule has 6 nitrogen and oxygen atoms in total. The highest BCUT2D eigenvalue weighted by atomic mass is 32.1. The maximum atomic E-state index is 14.2. The number of hydrogen-bond donors (Lipinski definition) is 0. The lowest BCUT2D eigenvalue weighted by Crippen LogP contribution is -2.57. The number of anilines is 2. The Hall–Kier alpha value is -2.97.